The summed E-state index contributed by atoms with van der Waals surface area (Å²) in [5, 5.41) is 11.6. The monoisotopic (exact) mass is 399 g/mol. The van der Waals surface area contributed by atoms with Gasteiger partial charge in [-0.3, -0.25) is 4.99 Å². The van der Waals surface area contributed by atoms with Crippen molar-refractivity contribution in [3.8, 4) is 0 Å². The molecule has 0 unspecified atom stereocenters. The average molecular weight is 400 g/mol. The number of rotatable bonds is 12. The van der Waals surface area contributed by atoms with E-state index < -0.39 is 10.0 Å². The smallest absolute Gasteiger partial charge is 0.238 e. The quantitative estimate of drug-likeness (QED) is 0.267. The Kier molecular flexibility index (Phi) is 11.0. The van der Waals surface area contributed by atoms with Gasteiger partial charge >= 0.3 is 0 Å². The van der Waals surface area contributed by atoms with Crippen LogP contribution < -0.4 is 15.8 Å². The summed E-state index contributed by atoms with van der Waals surface area (Å²) in [7, 11) is 0.154. The number of nitrogens with zero attached hydrogens (tertiary/aromatic N) is 2. The summed E-state index contributed by atoms with van der Waals surface area (Å²) in [6, 6.07) is 6.62. The summed E-state index contributed by atoms with van der Waals surface area (Å²) < 4.78 is 27.6. The van der Waals surface area contributed by atoms with Gasteiger partial charge in [0.05, 0.1) is 11.4 Å². The Morgan fingerprint density at radius 2 is 1.93 bits per heavy atom. The minimum atomic E-state index is -3.64. The minimum absolute atomic E-state index is 0.128. The summed E-state index contributed by atoms with van der Waals surface area (Å²) in [4.78, 5) is 6.95. The van der Waals surface area contributed by atoms with Crippen LogP contribution in [0.1, 0.15) is 18.9 Å². The van der Waals surface area contributed by atoms with Gasteiger partial charge in [0.25, 0.3) is 0 Å². The number of ether oxygens (including phenoxy) is 1. The van der Waals surface area contributed by atoms with Crippen LogP contribution in [0.5, 0.6) is 0 Å². The molecule has 1 aromatic rings. The van der Waals surface area contributed by atoms with Crippen molar-refractivity contribution in [1.82, 2.24) is 15.5 Å². The van der Waals surface area contributed by atoms with Gasteiger partial charge < -0.3 is 20.3 Å². The van der Waals surface area contributed by atoms with Crippen molar-refractivity contribution in [2.24, 2.45) is 10.1 Å². The zero-order chi connectivity index (χ0) is 20.1. The third kappa shape index (κ3) is 10.3. The van der Waals surface area contributed by atoms with Gasteiger partial charge in [-0.05, 0) is 44.5 Å². The Morgan fingerprint density at radius 1 is 1.22 bits per heavy atom. The van der Waals surface area contributed by atoms with Gasteiger partial charge in [-0.1, -0.05) is 12.1 Å². The van der Waals surface area contributed by atoms with Gasteiger partial charge in [0.15, 0.2) is 5.96 Å². The van der Waals surface area contributed by atoms with E-state index >= 15 is 0 Å². The Balaban J connectivity index is 2.41. The van der Waals surface area contributed by atoms with E-state index in [4.69, 9.17) is 9.88 Å². The predicted octanol–water partition coefficient (Wildman–Crippen LogP) is 0.400. The summed E-state index contributed by atoms with van der Waals surface area (Å²) in [5.74, 6) is 0.781. The van der Waals surface area contributed by atoms with Crippen molar-refractivity contribution >= 4 is 16.0 Å². The van der Waals surface area contributed by atoms with Crippen LogP contribution in [0, 0.1) is 0 Å². The number of likely N-dealkylation sites (N-methyl/N-ethyl adjacent to an activating group) is 1. The molecule has 0 aliphatic heterocycles. The number of hydrogen-bond donors (Lipinski definition) is 3. The Morgan fingerprint density at radius 3 is 2.52 bits per heavy atom. The number of benzene rings is 1. The third-order valence-corrected chi connectivity index (χ3v) is 4.87. The molecule has 0 atom stereocenters. The van der Waals surface area contributed by atoms with Crippen molar-refractivity contribution in [2.75, 3.05) is 53.5 Å². The Bertz CT molecular complexity index is 662. The highest BCUT2D eigenvalue weighted by molar-refractivity contribution is 7.89. The molecule has 154 valence electrons. The maximum absolute atomic E-state index is 11.3. The normalized spacial score (nSPS) is 12.4. The van der Waals surface area contributed by atoms with Crippen molar-refractivity contribution in [3.05, 3.63) is 29.8 Å². The van der Waals surface area contributed by atoms with Crippen LogP contribution in [0.4, 0.5) is 0 Å². The molecule has 0 spiro atoms. The van der Waals surface area contributed by atoms with Crippen molar-refractivity contribution in [3.63, 3.8) is 0 Å². The van der Waals surface area contributed by atoms with Crippen molar-refractivity contribution < 1.29 is 13.2 Å². The first kappa shape index (κ1) is 23.4. The van der Waals surface area contributed by atoms with E-state index in [1.807, 2.05) is 6.92 Å². The molecule has 0 radical (unpaired) electrons. The van der Waals surface area contributed by atoms with Crippen LogP contribution in [0.25, 0.3) is 0 Å². The lowest BCUT2D eigenvalue weighted by molar-refractivity contribution is 0.180. The fourth-order valence-corrected chi connectivity index (χ4v) is 2.95. The van der Waals surface area contributed by atoms with E-state index in [2.05, 4.69) is 27.6 Å². The summed E-state index contributed by atoms with van der Waals surface area (Å²) >= 11 is 0. The standard InChI is InChI=1S/C18H33N5O3S/c1-4-20-18(22-12-14-23(2)13-5-15-26-3)21-11-10-16-6-8-17(9-7-16)27(19,24)25/h6-9H,4-5,10-15H2,1-3H3,(H2,19,24,25)(H2,20,21,22). The second-order valence-electron chi connectivity index (χ2n) is 6.28. The summed E-state index contributed by atoms with van der Waals surface area (Å²) in [6.07, 6.45) is 1.77. The molecule has 0 aromatic heterocycles. The molecule has 0 heterocycles. The van der Waals surface area contributed by atoms with Gasteiger partial charge in [0.1, 0.15) is 0 Å². The number of nitrogens with one attached hydrogen (secondary N) is 2. The van der Waals surface area contributed by atoms with E-state index in [-0.39, 0.29) is 4.90 Å². The largest absolute Gasteiger partial charge is 0.385 e. The first-order valence-electron chi connectivity index (χ1n) is 9.18. The molecule has 1 rings (SSSR count). The highest BCUT2D eigenvalue weighted by Gasteiger charge is 2.06. The molecular weight excluding hydrogens is 366 g/mol. The highest BCUT2D eigenvalue weighted by Crippen LogP contribution is 2.08. The molecule has 9 heteroatoms. The minimum Gasteiger partial charge on any atom is -0.385 e. The van der Waals surface area contributed by atoms with E-state index in [1.54, 1.807) is 19.2 Å². The van der Waals surface area contributed by atoms with Crippen LogP contribution in [-0.2, 0) is 21.2 Å². The Hall–Kier alpha value is -1.68. The fourth-order valence-electron chi connectivity index (χ4n) is 2.44. The number of nitrogens with two attached hydrogens (primary N) is 1. The lowest BCUT2D eigenvalue weighted by atomic mass is 10.1. The van der Waals surface area contributed by atoms with Crippen molar-refractivity contribution in [2.45, 2.75) is 24.7 Å². The SMILES string of the molecule is CCNC(=NCCN(C)CCCOC)NCCc1ccc(S(N)(=O)=O)cc1. The first-order valence-corrected chi connectivity index (χ1v) is 10.7. The molecule has 0 amide bonds. The maximum atomic E-state index is 11.3. The Labute approximate surface area is 163 Å². The van der Waals surface area contributed by atoms with Gasteiger partial charge in [-0.2, -0.15) is 0 Å². The van der Waals surface area contributed by atoms with Crippen LogP contribution in [0.15, 0.2) is 34.2 Å². The van der Waals surface area contributed by atoms with Crippen LogP contribution in [-0.4, -0.2) is 72.8 Å². The topological polar surface area (TPSA) is 109 Å². The first-order chi connectivity index (χ1) is 12.9. The van der Waals surface area contributed by atoms with E-state index in [9.17, 15) is 8.42 Å². The van der Waals surface area contributed by atoms with Crippen LogP contribution >= 0.6 is 0 Å². The van der Waals surface area contributed by atoms with Gasteiger partial charge in [0.2, 0.25) is 10.0 Å². The lowest BCUT2D eigenvalue weighted by Gasteiger charge is -2.16. The predicted molar refractivity (Wildman–Crippen MR) is 109 cm³/mol. The number of methoxy groups -OCH3 is 1. The number of sulfonamides is 1. The fraction of sp³-hybridized carbons (Fsp3) is 0.611. The molecule has 0 saturated carbocycles. The summed E-state index contributed by atoms with van der Waals surface area (Å²) in [6.45, 7) is 6.87. The molecule has 0 saturated heterocycles. The zero-order valence-corrected chi connectivity index (χ0v) is 17.4. The molecular formula is C18H33N5O3S. The molecule has 4 N–H and O–H groups in total. The maximum Gasteiger partial charge on any atom is 0.238 e. The number of primary sulfonamides is 1. The number of hydrogen-bond acceptors (Lipinski definition) is 5. The van der Waals surface area contributed by atoms with E-state index in [1.165, 1.54) is 12.1 Å². The second-order valence-corrected chi connectivity index (χ2v) is 7.84. The third-order valence-electron chi connectivity index (χ3n) is 3.94. The second kappa shape index (κ2) is 12.7. The zero-order valence-electron chi connectivity index (χ0n) is 16.6. The van der Waals surface area contributed by atoms with Gasteiger partial charge in [-0.25, -0.2) is 13.6 Å². The molecule has 0 aliphatic carbocycles. The number of guanidine groups is 1. The molecule has 0 aliphatic rings. The van der Waals surface area contributed by atoms with Crippen molar-refractivity contribution in [1.29, 1.82) is 0 Å². The van der Waals surface area contributed by atoms with Gasteiger partial charge in [0, 0.05) is 39.9 Å². The molecule has 0 fully saturated rings. The molecule has 8 nitrogen and oxygen atoms in total. The average Bonchev–Trinajstić information content (AvgIpc) is 2.61. The van der Waals surface area contributed by atoms with E-state index in [0.29, 0.717) is 13.1 Å². The lowest BCUT2D eigenvalue weighted by Crippen LogP contribution is -2.39. The summed E-state index contributed by atoms with van der Waals surface area (Å²) in [5.41, 5.74) is 1.03. The molecule has 0 bridgehead atoms. The molecule has 27 heavy (non-hydrogen) atoms. The highest BCUT2D eigenvalue weighted by atomic mass is 32.2. The molecule has 1 aromatic carbocycles. The van der Waals surface area contributed by atoms with Crippen LogP contribution in [0.3, 0.4) is 0 Å². The van der Waals surface area contributed by atoms with Gasteiger partial charge in [-0.15, -0.1) is 0 Å². The van der Waals surface area contributed by atoms with E-state index in [0.717, 1.165) is 50.6 Å². The van der Waals surface area contributed by atoms with Crippen LogP contribution in [0.2, 0.25) is 0 Å². The number of aliphatic imine (C=N–C) groups is 1.